The third-order valence-electron chi connectivity index (χ3n) is 1.46. The van der Waals surface area contributed by atoms with Crippen LogP contribution in [-0.2, 0) is 14.3 Å². The van der Waals surface area contributed by atoms with Crippen molar-refractivity contribution in [1.29, 1.82) is 5.26 Å². The van der Waals surface area contributed by atoms with E-state index in [-0.39, 0.29) is 18.9 Å². The van der Waals surface area contributed by atoms with Gasteiger partial charge in [0.2, 0.25) is 5.91 Å². The Morgan fingerprint density at radius 2 is 2.29 bits per heavy atom. The zero-order chi connectivity index (χ0) is 11.0. The Kier molecular flexibility index (Phi) is 5.79. The van der Waals surface area contributed by atoms with E-state index < -0.39 is 5.97 Å². The van der Waals surface area contributed by atoms with Crippen molar-refractivity contribution in [1.82, 2.24) is 4.90 Å². The van der Waals surface area contributed by atoms with Crippen molar-refractivity contribution < 1.29 is 14.3 Å². The molecule has 0 atom stereocenters. The summed E-state index contributed by atoms with van der Waals surface area (Å²) in [6.45, 7) is 3.70. The lowest BCUT2D eigenvalue weighted by atomic mass is 10.5. The van der Waals surface area contributed by atoms with Gasteiger partial charge in [0.1, 0.15) is 13.0 Å². The quantitative estimate of drug-likeness (QED) is 0.461. The summed E-state index contributed by atoms with van der Waals surface area (Å²) >= 11 is 0. The van der Waals surface area contributed by atoms with E-state index in [0.29, 0.717) is 6.54 Å². The van der Waals surface area contributed by atoms with Crippen molar-refractivity contribution >= 4 is 11.9 Å². The number of amides is 1. The van der Waals surface area contributed by atoms with Crippen molar-refractivity contribution in [3.05, 3.63) is 12.7 Å². The van der Waals surface area contributed by atoms with Crippen molar-refractivity contribution in [2.75, 3.05) is 20.2 Å². The molecule has 0 N–H and O–H groups in total. The third kappa shape index (κ3) is 4.93. The summed E-state index contributed by atoms with van der Waals surface area (Å²) in [7, 11) is 1.57. The first kappa shape index (κ1) is 12.2. The maximum atomic E-state index is 10.9. The second kappa shape index (κ2) is 6.66. The van der Waals surface area contributed by atoms with Gasteiger partial charge in [-0.2, -0.15) is 5.26 Å². The molecule has 5 heteroatoms. The average Bonchev–Trinajstić information content (AvgIpc) is 2.16. The van der Waals surface area contributed by atoms with Gasteiger partial charge in [0.25, 0.3) is 0 Å². The first-order valence-electron chi connectivity index (χ1n) is 4.02. The van der Waals surface area contributed by atoms with Crippen LogP contribution in [0.3, 0.4) is 0 Å². The predicted octanol–water partition coefficient (Wildman–Crippen LogP) is 0.0877. The number of nitriles is 1. The van der Waals surface area contributed by atoms with Gasteiger partial charge in [-0.1, -0.05) is 6.58 Å². The van der Waals surface area contributed by atoms with Crippen LogP contribution in [-0.4, -0.2) is 37.0 Å². The number of carbonyl (C=O) groups excluding carboxylic acids is 2. The highest BCUT2D eigenvalue weighted by Crippen LogP contribution is 1.88. The molecule has 0 saturated carbocycles. The minimum atomic E-state index is -0.577. The summed E-state index contributed by atoms with van der Waals surface area (Å²) in [5.74, 6) is -0.812. The monoisotopic (exact) mass is 196 g/mol. The lowest BCUT2D eigenvalue weighted by molar-refractivity contribution is -0.143. The van der Waals surface area contributed by atoms with Crippen molar-refractivity contribution in [2.45, 2.75) is 6.42 Å². The lowest BCUT2D eigenvalue weighted by Gasteiger charge is -2.14. The number of likely N-dealkylation sites (N-methyl/N-ethyl adjacent to an activating group) is 1. The molecule has 1 amide bonds. The summed E-state index contributed by atoms with van der Waals surface area (Å²) in [6.07, 6.45) is 0.913. The maximum absolute atomic E-state index is 10.9. The molecule has 0 aromatic heterocycles. The van der Waals surface area contributed by atoms with Crippen LogP contribution in [0.1, 0.15) is 6.42 Å². The Hall–Kier alpha value is -1.83. The second-order valence-electron chi connectivity index (χ2n) is 2.52. The number of carbonyl (C=O) groups is 2. The van der Waals surface area contributed by atoms with Crippen molar-refractivity contribution in [2.24, 2.45) is 0 Å². The van der Waals surface area contributed by atoms with Crippen LogP contribution in [0.15, 0.2) is 12.7 Å². The van der Waals surface area contributed by atoms with E-state index in [4.69, 9.17) is 5.26 Å². The molecular weight excluding hydrogens is 184 g/mol. The largest absolute Gasteiger partial charge is 0.463 e. The molecule has 14 heavy (non-hydrogen) atoms. The number of esters is 1. The molecule has 0 aliphatic rings. The summed E-state index contributed by atoms with van der Waals surface area (Å²) in [4.78, 5) is 23.0. The number of hydrogen-bond acceptors (Lipinski definition) is 4. The molecule has 0 radical (unpaired) electrons. The van der Waals surface area contributed by atoms with Crippen LogP contribution in [0, 0.1) is 11.3 Å². The predicted molar refractivity (Wildman–Crippen MR) is 49.0 cm³/mol. The highest BCUT2D eigenvalue weighted by molar-refractivity contribution is 5.86. The van der Waals surface area contributed by atoms with Crippen LogP contribution in [0.2, 0.25) is 0 Å². The fourth-order valence-corrected chi connectivity index (χ4v) is 0.678. The molecule has 0 spiro atoms. The first-order chi connectivity index (χ1) is 6.61. The normalized spacial score (nSPS) is 8.57. The Morgan fingerprint density at radius 3 is 2.79 bits per heavy atom. The minimum absolute atomic E-state index is 0.0938. The smallest absolute Gasteiger partial charge is 0.320 e. The molecule has 0 bridgehead atoms. The summed E-state index contributed by atoms with van der Waals surface area (Å²) in [6, 6.07) is 1.67. The summed E-state index contributed by atoms with van der Waals surface area (Å²) < 4.78 is 4.66. The highest BCUT2D eigenvalue weighted by atomic mass is 16.5. The van der Waals surface area contributed by atoms with E-state index in [2.05, 4.69) is 11.3 Å². The van der Waals surface area contributed by atoms with E-state index in [1.54, 1.807) is 13.1 Å². The fourth-order valence-electron chi connectivity index (χ4n) is 0.678. The Labute approximate surface area is 82.6 Å². The molecule has 0 fully saturated rings. The number of ether oxygens (including phenoxy) is 1. The number of nitrogens with zero attached hydrogens (tertiary/aromatic N) is 2. The molecule has 0 aromatic rings. The molecule has 0 rings (SSSR count). The standard InChI is InChI=1S/C9H12N2O3/c1-3-8(12)11(2)6-7-14-9(13)4-5-10/h3H,1,4,6-7H2,2H3. The Morgan fingerprint density at radius 1 is 1.64 bits per heavy atom. The van der Waals surface area contributed by atoms with Gasteiger partial charge < -0.3 is 9.64 Å². The summed E-state index contributed by atoms with van der Waals surface area (Å²) in [5, 5.41) is 8.14. The van der Waals surface area contributed by atoms with Crippen LogP contribution in [0.25, 0.3) is 0 Å². The van der Waals surface area contributed by atoms with Crippen LogP contribution >= 0.6 is 0 Å². The van der Waals surface area contributed by atoms with Gasteiger partial charge in [-0.15, -0.1) is 0 Å². The van der Waals surface area contributed by atoms with Crippen LogP contribution in [0.4, 0.5) is 0 Å². The highest BCUT2D eigenvalue weighted by Gasteiger charge is 2.05. The third-order valence-corrected chi connectivity index (χ3v) is 1.46. The maximum Gasteiger partial charge on any atom is 0.320 e. The van der Waals surface area contributed by atoms with Gasteiger partial charge in [-0.25, -0.2) is 0 Å². The van der Waals surface area contributed by atoms with Gasteiger partial charge in [0.05, 0.1) is 12.6 Å². The first-order valence-corrected chi connectivity index (χ1v) is 4.02. The van der Waals surface area contributed by atoms with Gasteiger partial charge in [0, 0.05) is 7.05 Å². The van der Waals surface area contributed by atoms with Crippen molar-refractivity contribution in [3.63, 3.8) is 0 Å². The Balaban J connectivity index is 3.64. The molecule has 0 saturated heterocycles. The van der Waals surface area contributed by atoms with Gasteiger partial charge in [0.15, 0.2) is 0 Å². The molecule has 0 unspecified atom stereocenters. The van der Waals surface area contributed by atoms with E-state index in [1.807, 2.05) is 0 Å². The van der Waals surface area contributed by atoms with Gasteiger partial charge in [-0.3, -0.25) is 9.59 Å². The van der Waals surface area contributed by atoms with Crippen LogP contribution in [0.5, 0.6) is 0 Å². The molecule has 0 aromatic carbocycles. The van der Waals surface area contributed by atoms with Gasteiger partial charge in [-0.05, 0) is 6.08 Å². The number of hydrogen-bond donors (Lipinski definition) is 0. The topological polar surface area (TPSA) is 70.4 Å². The fraction of sp³-hybridized carbons (Fsp3) is 0.444. The zero-order valence-electron chi connectivity index (χ0n) is 8.02. The van der Waals surface area contributed by atoms with Gasteiger partial charge >= 0.3 is 5.97 Å². The van der Waals surface area contributed by atoms with Crippen molar-refractivity contribution in [3.8, 4) is 6.07 Å². The van der Waals surface area contributed by atoms with Crippen LogP contribution < -0.4 is 0 Å². The minimum Gasteiger partial charge on any atom is -0.463 e. The van der Waals surface area contributed by atoms with E-state index in [9.17, 15) is 9.59 Å². The molecule has 76 valence electrons. The average molecular weight is 196 g/mol. The molecular formula is C9H12N2O3. The van der Waals surface area contributed by atoms with E-state index in [0.717, 1.165) is 0 Å². The molecule has 0 aliphatic heterocycles. The number of rotatable bonds is 5. The lowest BCUT2D eigenvalue weighted by Crippen LogP contribution is -2.29. The summed E-state index contributed by atoms with van der Waals surface area (Å²) in [5.41, 5.74) is 0. The Bertz CT molecular complexity index is 268. The van der Waals surface area contributed by atoms with E-state index >= 15 is 0 Å². The zero-order valence-corrected chi connectivity index (χ0v) is 8.02. The molecule has 0 heterocycles. The second-order valence-corrected chi connectivity index (χ2v) is 2.52. The molecule has 0 aliphatic carbocycles. The molecule has 5 nitrogen and oxygen atoms in total. The van der Waals surface area contributed by atoms with E-state index in [1.165, 1.54) is 11.0 Å². The SMILES string of the molecule is C=CC(=O)N(C)CCOC(=O)CC#N.